The fraction of sp³-hybridized carbons (Fsp3) is 0.562. The summed E-state index contributed by atoms with van der Waals surface area (Å²) in [4.78, 5) is 13.8. The van der Waals surface area contributed by atoms with Gasteiger partial charge in [0, 0.05) is 18.8 Å². The highest BCUT2D eigenvalue weighted by atomic mass is 32.2. The Morgan fingerprint density at radius 1 is 1.17 bits per heavy atom. The van der Waals surface area contributed by atoms with Crippen LogP contribution in [-0.2, 0) is 14.8 Å². The SMILES string of the molecule is CN(C(=O)CN(C1CCCCC1)S(C)(=O)=O)c1ccc(F)cc1. The van der Waals surface area contributed by atoms with Gasteiger partial charge in [-0.3, -0.25) is 4.79 Å². The molecule has 1 aliphatic carbocycles. The van der Waals surface area contributed by atoms with E-state index in [2.05, 4.69) is 0 Å². The molecule has 128 valence electrons. The number of carbonyl (C=O) groups excluding carboxylic acids is 1. The summed E-state index contributed by atoms with van der Waals surface area (Å²) in [6, 6.07) is 5.43. The molecule has 0 atom stereocenters. The van der Waals surface area contributed by atoms with E-state index in [1.807, 2.05) is 0 Å². The highest BCUT2D eigenvalue weighted by Gasteiger charge is 2.30. The van der Waals surface area contributed by atoms with Crippen LogP contribution < -0.4 is 4.90 Å². The van der Waals surface area contributed by atoms with Gasteiger partial charge in [0.15, 0.2) is 0 Å². The van der Waals surface area contributed by atoms with Crippen LogP contribution in [0.2, 0.25) is 0 Å². The van der Waals surface area contributed by atoms with Crippen molar-refractivity contribution in [3.8, 4) is 0 Å². The highest BCUT2D eigenvalue weighted by Crippen LogP contribution is 2.24. The summed E-state index contributed by atoms with van der Waals surface area (Å²) in [5.74, 6) is -0.706. The zero-order chi connectivity index (χ0) is 17.0. The fourth-order valence-corrected chi connectivity index (χ4v) is 4.03. The average molecular weight is 342 g/mol. The van der Waals surface area contributed by atoms with E-state index in [9.17, 15) is 17.6 Å². The number of hydrogen-bond donors (Lipinski definition) is 0. The number of likely N-dealkylation sites (N-methyl/N-ethyl adjacent to an activating group) is 1. The lowest BCUT2D eigenvalue weighted by atomic mass is 9.95. The van der Waals surface area contributed by atoms with Gasteiger partial charge in [-0.15, -0.1) is 0 Å². The average Bonchev–Trinajstić information content (AvgIpc) is 2.52. The van der Waals surface area contributed by atoms with Crippen molar-refractivity contribution in [2.45, 2.75) is 38.1 Å². The van der Waals surface area contributed by atoms with Gasteiger partial charge >= 0.3 is 0 Å². The Balaban J connectivity index is 2.12. The van der Waals surface area contributed by atoms with Crippen molar-refractivity contribution >= 4 is 21.6 Å². The Kier molecular flexibility index (Phi) is 5.75. The van der Waals surface area contributed by atoms with Crippen LogP contribution in [0.1, 0.15) is 32.1 Å². The predicted molar refractivity (Wildman–Crippen MR) is 88.2 cm³/mol. The van der Waals surface area contributed by atoms with Crippen LogP contribution in [0.3, 0.4) is 0 Å². The van der Waals surface area contributed by atoms with Crippen molar-refractivity contribution in [1.82, 2.24) is 4.31 Å². The minimum Gasteiger partial charge on any atom is -0.314 e. The maximum atomic E-state index is 13.0. The number of halogens is 1. The van der Waals surface area contributed by atoms with Crippen LogP contribution in [0.5, 0.6) is 0 Å². The molecule has 1 fully saturated rings. The van der Waals surface area contributed by atoms with Crippen molar-refractivity contribution in [1.29, 1.82) is 0 Å². The zero-order valence-electron chi connectivity index (χ0n) is 13.5. The maximum absolute atomic E-state index is 13.0. The summed E-state index contributed by atoms with van der Waals surface area (Å²) in [6.07, 6.45) is 5.81. The summed E-state index contributed by atoms with van der Waals surface area (Å²) in [7, 11) is -1.89. The molecule has 0 N–H and O–H groups in total. The quantitative estimate of drug-likeness (QED) is 0.825. The number of sulfonamides is 1. The fourth-order valence-electron chi connectivity index (χ4n) is 2.93. The molecular formula is C16H23FN2O3S. The number of nitrogens with zero attached hydrogens (tertiary/aromatic N) is 2. The largest absolute Gasteiger partial charge is 0.314 e. The second-order valence-corrected chi connectivity index (χ2v) is 7.96. The van der Waals surface area contributed by atoms with E-state index in [0.29, 0.717) is 5.69 Å². The van der Waals surface area contributed by atoms with E-state index in [1.54, 1.807) is 7.05 Å². The molecule has 1 aliphatic rings. The molecule has 0 aliphatic heterocycles. The molecule has 0 heterocycles. The van der Waals surface area contributed by atoms with E-state index >= 15 is 0 Å². The van der Waals surface area contributed by atoms with E-state index < -0.39 is 10.0 Å². The Labute approximate surface area is 137 Å². The Hall–Kier alpha value is -1.47. The number of amides is 1. The molecule has 5 nitrogen and oxygen atoms in total. The third-order valence-corrected chi connectivity index (χ3v) is 5.57. The Bertz CT molecular complexity index is 640. The standard InChI is InChI=1S/C16H23FN2O3S/c1-18(14-10-8-13(17)9-11-14)16(20)12-19(23(2,21)22)15-6-4-3-5-7-15/h8-11,15H,3-7,12H2,1-2H3. The van der Waals surface area contributed by atoms with Gasteiger partial charge < -0.3 is 4.90 Å². The molecule has 1 amide bonds. The molecule has 2 rings (SSSR count). The van der Waals surface area contributed by atoms with E-state index in [0.717, 1.165) is 38.4 Å². The van der Waals surface area contributed by atoms with Gasteiger partial charge in [0.05, 0.1) is 12.8 Å². The van der Waals surface area contributed by atoms with Crippen molar-refractivity contribution in [3.05, 3.63) is 30.1 Å². The summed E-state index contributed by atoms with van der Waals surface area (Å²) < 4.78 is 38.4. The first-order valence-electron chi connectivity index (χ1n) is 7.78. The van der Waals surface area contributed by atoms with Gasteiger partial charge in [0.25, 0.3) is 0 Å². The Morgan fingerprint density at radius 2 is 1.74 bits per heavy atom. The van der Waals surface area contributed by atoms with E-state index in [1.165, 1.54) is 33.5 Å². The first kappa shape index (κ1) is 17.9. The zero-order valence-corrected chi connectivity index (χ0v) is 14.4. The lowest BCUT2D eigenvalue weighted by molar-refractivity contribution is -0.118. The van der Waals surface area contributed by atoms with Gasteiger partial charge in [0.2, 0.25) is 15.9 Å². The van der Waals surface area contributed by atoms with Crippen molar-refractivity contribution in [2.75, 3.05) is 24.7 Å². The molecule has 0 unspecified atom stereocenters. The summed E-state index contributed by atoms with van der Waals surface area (Å²) in [6.45, 7) is -0.183. The number of anilines is 1. The third kappa shape index (κ3) is 4.75. The molecule has 1 saturated carbocycles. The molecule has 1 aromatic rings. The van der Waals surface area contributed by atoms with Gasteiger partial charge in [-0.2, -0.15) is 4.31 Å². The van der Waals surface area contributed by atoms with Crippen LogP contribution in [-0.4, -0.2) is 44.5 Å². The molecule has 0 saturated heterocycles. The monoisotopic (exact) mass is 342 g/mol. The van der Waals surface area contributed by atoms with Crippen molar-refractivity contribution < 1.29 is 17.6 Å². The molecule has 0 bridgehead atoms. The molecular weight excluding hydrogens is 319 g/mol. The lowest BCUT2D eigenvalue weighted by Crippen LogP contribution is -2.47. The minimum absolute atomic E-state index is 0.107. The molecule has 0 radical (unpaired) electrons. The van der Waals surface area contributed by atoms with E-state index in [-0.39, 0.29) is 24.3 Å². The molecule has 7 heteroatoms. The van der Waals surface area contributed by atoms with Gasteiger partial charge in [-0.05, 0) is 37.1 Å². The minimum atomic E-state index is -3.46. The highest BCUT2D eigenvalue weighted by molar-refractivity contribution is 7.88. The van der Waals surface area contributed by atoms with Gasteiger partial charge in [-0.1, -0.05) is 19.3 Å². The van der Waals surface area contributed by atoms with Crippen LogP contribution in [0.15, 0.2) is 24.3 Å². The van der Waals surface area contributed by atoms with Crippen LogP contribution in [0.4, 0.5) is 10.1 Å². The molecule has 0 spiro atoms. The second-order valence-electron chi connectivity index (χ2n) is 6.03. The van der Waals surface area contributed by atoms with Crippen LogP contribution in [0.25, 0.3) is 0 Å². The third-order valence-electron chi connectivity index (χ3n) is 4.29. The first-order chi connectivity index (χ1) is 10.8. The summed E-state index contributed by atoms with van der Waals surface area (Å²) in [5, 5.41) is 0. The smallest absolute Gasteiger partial charge is 0.242 e. The van der Waals surface area contributed by atoms with Crippen molar-refractivity contribution in [3.63, 3.8) is 0 Å². The van der Waals surface area contributed by atoms with E-state index in [4.69, 9.17) is 0 Å². The molecule has 23 heavy (non-hydrogen) atoms. The normalized spacial score (nSPS) is 16.5. The van der Waals surface area contributed by atoms with Crippen LogP contribution >= 0.6 is 0 Å². The van der Waals surface area contributed by atoms with Crippen molar-refractivity contribution in [2.24, 2.45) is 0 Å². The number of rotatable bonds is 5. The summed E-state index contributed by atoms with van der Waals surface area (Å²) >= 11 is 0. The summed E-state index contributed by atoms with van der Waals surface area (Å²) in [5.41, 5.74) is 0.536. The van der Waals surface area contributed by atoms with Gasteiger partial charge in [-0.25, -0.2) is 12.8 Å². The maximum Gasteiger partial charge on any atom is 0.242 e. The number of carbonyl (C=O) groups is 1. The number of benzene rings is 1. The topological polar surface area (TPSA) is 57.7 Å². The predicted octanol–water partition coefficient (Wildman–Crippen LogP) is 2.38. The molecule has 1 aromatic carbocycles. The first-order valence-corrected chi connectivity index (χ1v) is 9.63. The lowest BCUT2D eigenvalue weighted by Gasteiger charge is -2.33. The van der Waals surface area contributed by atoms with Gasteiger partial charge in [0.1, 0.15) is 5.82 Å². The number of hydrogen-bond acceptors (Lipinski definition) is 3. The molecule has 0 aromatic heterocycles. The van der Waals surface area contributed by atoms with Crippen LogP contribution in [0, 0.1) is 5.82 Å². The second kappa shape index (κ2) is 7.40. The Morgan fingerprint density at radius 3 is 2.26 bits per heavy atom.